The van der Waals surface area contributed by atoms with Gasteiger partial charge in [0.2, 0.25) is 6.08 Å². The van der Waals surface area contributed by atoms with Crippen molar-refractivity contribution in [3.63, 3.8) is 0 Å². The van der Waals surface area contributed by atoms with Crippen molar-refractivity contribution in [1.29, 1.82) is 0 Å². The summed E-state index contributed by atoms with van der Waals surface area (Å²) < 4.78 is 27.9. The maximum atomic E-state index is 11.1. The van der Waals surface area contributed by atoms with Crippen molar-refractivity contribution in [3.8, 4) is 5.75 Å². The van der Waals surface area contributed by atoms with E-state index in [-0.39, 0.29) is 17.6 Å². The molecule has 1 aliphatic heterocycles. The van der Waals surface area contributed by atoms with Gasteiger partial charge in [0.05, 0.1) is 17.0 Å². The summed E-state index contributed by atoms with van der Waals surface area (Å²) in [5.74, 6) is 0.791. The van der Waals surface area contributed by atoms with E-state index in [0.717, 1.165) is 24.8 Å². The summed E-state index contributed by atoms with van der Waals surface area (Å²) in [6, 6.07) is 7.42. The van der Waals surface area contributed by atoms with Crippen molar-refractivity contribution in [3.05, 3.63) is 29.8 Å². The molecule has 1 heterocycles. The van der Waals surface area contributed by atoms with Crippen LogP contribution in [0.4, 0.5) is 0 Å². The molecule has 1 saturated heterocycles. The van der Waals surface area contributed by atoms with Crippen LogP contribution >= 0.6 is 0 Å². The van der Waals surface area contributed by atoms with Gasteiger partial charge in [-0.05, 0) is 37.0 Å². The normalized spacial score (nSPS) is 23.0. The molecular formula is C14H15NO4S. The van der Waals surface area contributed by atoms with Gasteiger partial charge >= 0.3 is 0 Å². The molecule has 5 nitrogen and oxygen atoms in total. The molecule has 2 aliphatic rings. The lowest BCUT2D eigenvalue weighted by atomic mass is 9.72. The molecule has 1 saturated carbocycles. The van der Waals surface area contributed by atoms with E-state index >= 15 is 0 Å². The van der Waals surface area contributed by atoms with E-state index in [4.69, 9.17) is 4.74 Å². The number of nitrogens with zero attached hydrogens (tertiary/aromatic N) is 1. The van der Waals surface area contributed by atoms with Crippen LogP contribution in [0.1, 0.15) is 24.8 Å². The van der Waals surface area contributed by atoms with E-state index in [1.165, 1.54) is 0 Å². The number of carbonyl (C=O) groups excluding carboxylic acids is 1. The van der Waals surface area contributed by atoms with Gasteiger partial charge in [0.25, 0.3) is 0 Å². The average Bonchev–Trinajstić information content (AvgIpc) is 2.32. The van der Waals surface area contributed by atoms with Gasteiger partial charge < -0.3 is 4.74 Å². The van der Waals surface area contributed by atoms with Crippen LogP contribution in [0.25, 0.3) is 0 Å². The molecule has 0 N–H and O–H groups in total. The molecule has 0 bridgehead atoms. The summed E-state index contributed by atoms with van der Waals surface area (Å²) in [6.45, 7) is 0. The first kappa shape index (κ1) is 13.3. The Morgan fingerprint density at radius 2 is 2.05 bits per heavy atom. The second-order valence-electron chi connectivity index (χ2n) is 5.43. The molecule has 0 atom stereocenters. The largest absolute Gasteiger partial charge is 0.488 e. The number of rotatable bonds is 4. The van der Waals surface area contributed by atoms with Crippen LogP contribution in [0.2, 0.25) is 0 Å². The Morgan fingerprint density at radius 3 is 2.60 bits per heavy atom. The summed E-state index contributed by atoms with van der Waals surface area (Å²) in [4.78, 5) is 14.5. The lowest BCUT2D eigenvalue weighted by Crippen LogP contribution is -2.45. The Hall–Kier alpha value is -1.65. The van der Waals surface area contributed by atoms with Crippen molar-refractivity contribution in [2.75, 3.05) is 11.5 Å². The highest BCUT2D eigenvalue weighted by Crippen LogP contribution is 2.45. The third-order valence-electron chi connectivity index (χ3n) is 3.99. The Balaban J connectivity index is 1.78. The van der Waals surface area contributed by atoms with Crippen LogP contribution in [0.15, 0.2) is 29.3 Å². The number of aliphatic imine (C=N–C) groups is 1. The minimum absolute atomic E-state index is 0.0782. The minimum Gasteiger partial charge on any atom is -0.488 e. The zero-order valence-electron chi connectivity index (χ0n) is 10.9. The van der Waals surface area contributed by atoms with E-state index in [1.807, 2.05) is 18.2 Å². The van der Waals surface area contributed by atoms with Gasteiger partial charge in [-0.25, -0.2) is 13.2 Å². The first-order valence-electron chi connectivity index (χ1n) is 6.60. The smallest absolute Gasteiger partial charge is 0.235 e. The molecular weight excluding hydrogens is 278 g/mol. The molecule has 0 radical (unpaired) electrons. The Kier molecular flexibility index (Phi) is 3.15. The maximum absolute atomic E-state index is 11.1. The fraction of sp³-hybridized carbons (Fsp3) is 0.500. The average molecular weight is 293 g/mol. The molecule has 0 spiro atoms. The predicted molar refractivity (Wildman–Crippen MR) is 73.2 cm³/mol. The SMILES string of the molecule is O=C=NC1(c2cccc(OC3CS(=O)(=O)C3)c2)CCC1. The predicted octanol–water partition coefficient (Wildman–Crippen LogP) is 1.58. The number of benzene rings is 1. The van der Waals surface area contributed by atoms with Gasteiger partial charge in [-0.1, -0.05) is 12.1 Å². The topological polar surface area (TPSA) is 72.8 Å². The zero-order chi connectivity index (χ0) is 14.2. The molecule has 0 aromatic heterocycles. The monoisotopic (exact) mass is 293 g/mol. The molecule has 2 fully saturated rings. The number of isocyanates is 1. The van der Waals surface area contributed by atoms with Crippen LogP contribution in [-0.2, 0) is 20.2 Å². The third kappa shape index (κ3) is 2.37. The lowest BCUT2D eigenvalue weighted by Gasteiger charge is -2.37. The summed E-state index contributed by atoms with van der Waals surface area (Å²) in [5, 5.41) is 0. The van der Waals surface area contributed by atoms with Gasteiger partial charge in [-0.15, -0.1) is 0 Å². The fourth-order valence-corrected chi connectivity index (χ4v) is 3.87. The van der Waals surface area contributed by atoms with Gasteiger partial charge in [0.1, 0.15) is 11.9 Å². The summed E-state index contributed by atoms with van der Waals surface area (Å²) >= 11 is 0. The van der Waals surface area contributed by atoms with E-state index in [1.54, 1.807) is 12.1 Å². The lowest BCUT2D eigenvalue weighted by molar-refractivity contribution is 0.226. The second-order valence-corrected chi connectivity index (χ2v) is 7.59. The van der Waals surface area contributed by atoms with Crippen molar-refractivity contribution in [2.24, 2.45) is 4.99 Å². The Bertz CT molecular complexity index is 660. The summed E-state index contributed by atoms with van der Waals surface area (Å²) in [6.07, 6.45) is 4.11. The van der Waals surface area contributed by atoms with E-state index < -0.39 is 15.4 Å². The van der Waals surface area contributed by atoms with Gasteiger partial charge in [0.15, 0.2) is 9.84 Å². The van der Waals surface area contributed by atoms with Crippen LogP contribution in [0, 0.1) is 0 Å². The van der Waals surface area contributed by atoms with Crippen molar-refractivity contribution in [1.82, 2.24) is 0 Å². The molecule has 0 amide bonds. The molecule has 0 unspecified atom stereocenters. The van der Waals surface area contributed by atoms with Crippen LogP contribution in [-0.4, -0.2) is 32.1 Å². The fourth-order valence-electron chi connectivity index (χ4n) is 2.70. The van der Waals surface area contributed by atoms with Crippen molar-refractivity contribution < 1.29 is 17.9 Å². The first-order chi connectivity index (χ1) is 9.53. The number of ether oxygens (including phenoxy) is 1. The molecule has 20 heavy (non-hydrogen) atoms. The van der Waals surface area contributed by atoms with E-state index in [2.05, 4.69) is 4.99 Å². The summed E-state index contributed by atoms with van der Waals surface area (Å²) in [5.41, 5.74) is 0.485. The second kappa shape index (κ2) is 4.72. The Labute approximate surface area is 117 Å². The standard InChI is InChI=1S/C14H15NO4S/c16-10-15-14(5-2-6-14)11-3-1-4-12(7-11)19-13-8-20(17,18)9-13/h1,3-4,7,13H,2,5-6,8-9H2. The molecule has 1 aromatic carbocycles. The maximum Gasteiger partial charge on any atom is 0.235 e. The minimum atomic E-state index is -2.89. The summed E-state index contributed by atoms with van der Waals surface area (Å²) in [7, 11) is -2.89. The highest BCUT2D eigenvalue weighted by molar-refractivity contribution is 7.92. The van der Waals surface area contributed by atoms with Crippen LogP contribution in [0.3, 0.4) is 0 Å². The molecule has 106 valence electrons. The van der Waals surface area contributed by atoms with Gasteiger partial charge in [-0.2, -0.15) is 4.99 Å². The van der Waals surface area contributed by atoms with Crippen LogP contribution in [0.5, 0.6) is 5.75 Å². The van der Waals surface area contributed by atoms with Gasteiger partial charge in [-0.3, -0.25) is 0 Å². The van der Waals surface area contributed by atoms with E-state index in [9.17, 15) is 13.2 Å². The molecule has 1 aromatic rings. The number of hydrogen-bond donors (Lipinski definition) is 0. The van der Waals surface area contributed by atoms with Crippen molar-refractivity contribution in [2.45, 2.75) is 30.9 Å². The number of sulfone groups is 1. The molecule has 1 aliphatic carbocycles. The third-order valence-corrected chi connectivity index (χ3v) is 5.75. The van der Waals surface area contributed by atoms with Crippen molar-refractivity contribution >= 4 is 15.9 Å². The molecule has 6 heteroatoms. The Morgan fingerprint density at radius 1 is 1.30 bits per heavy atom. The van der Waals surface area contributed by atoms with E-state index in [0.29, 0.717) is 5.75 Å². The quantitative estimate of drug-likeness (QED) is 0.624. The first-order valence-corrected chi connectivity index (χ1v) is 8.42. The highest BCUT2D eigenvalue weighted by Gasteiger charge is 2.39. The highest BCUT2D eigenvalue weighted by atomic mass is 32.2. The number of hydrogen-bond acceptors (Lipinski definition) is 5. The zero-order valence-corrected chi connectivity index (χ0v) is 11.7. The van der Waals surface area contributed by atoms with Crippen LogP contribution < -0.4 is 4.74 Å². The van der Waals surface area contributed by atoms with Gasteiger partial charge in [0, 0.05) is 0 Å². The molecule has 3 rings (SSSR count).